The van der Waals surface area contributed by atoms with E-state index in [1.807, 2.05) is 37.3 Å². The topological polar surface area (TPSA) is 78.4 Å². The van der Waals surface area contributed by atoms with E-state index in [1.54, 1.807) is 0 Å². The van der Waals surface area contributed by atoms with Gasteiger partial charge in [-0.25, -0.2) is 0 Å². The van der Waals surface area contributed by atoms with Gasteiger partial charge in [0, 0.05) is 12.6 Å². The minimum Gasteiger partial charge on any atom is -0.396 e. The highest BCUT2D eigenvalue weighted by Gasteiger charge is 2.11. The molecule has 1 unspecified atom stereocenters. The zero-order valence-electron chi connectivity index (χ0n) is 11.8. The zero-order chi connectivity index (χ0) is 14.8. The smallest absolute Gasteiger partial charge is 0.239 e. The van der Waals surface area contributed by atoms with Crippen LogP contribution in [0.2, 0.25) is 0 Å². The first kappa shape index (κ1) is 16.2. The van der Waals surface area contributed by atoms with Gasteiger partial charge < -0.3 is 15.7 Å². The van der Waals surface area contributed by atoms with Crippen LogP contribution in [0, 0.1) is 0 Å². The van der Waals surface area contributed by atoms with Crippen molar-refractivity contribution in [3.63, 3.8) is 0 Å². The van der Waals surface area contributed by atoms with Gasteiger partial charge in [-0.1, -0.05) is 37.3 Å². The van der Waals surface area contributed by atoms with E-state index in [0.29, 0.717) is 6.42 Å². The minimum absolute atomic E-state index is 0.0341. The lowest BCUT2D eigenvalue weighted by Gasteiger charge is -2.15. The molecule has 0 fully saturated rings. The summed E-state index contributed by atoms with van der Waals surface area (Å²) in [5, 5.41) is 14.2. The van der Waals surface area contributed by atoms with Crippen LogP contribution in [0.3, 0.4) is 0 Å². The summed E-state index contributed by atoms with van der Waals surface area (Å²) in [5.41, 5.74) is 0.914. The van der Waals surface area contributed by atoms with Crippen LogP contribution in [0.4, 0.5) is 0 Å². The Morgan fingerprint density at radius 1 is 1.20 bits per heavy atom. The summed E-state index contributed by atoms with van der Waals surface area (Å²) in [6, 6.07) is 9.33. The van der Waals surface area contributed by atoms with E-state index in [2.05, 4.69) is 10.6 Å². The number of benzene rings is 1. The number of aliphatic hydroxyl groups excluding tert-OH is 1. The zero-order valence-corrected chi connectivity index (χ0v) is 11.8. The van der Waals surface area contributed by atoms with E-state index in [9.17, 15) is 9.59 Å². The molecule has 0 aromatic heterocycles. The summed E-state index contributed by atoms with van der Waals surface area (Å²) in [6.45, 7) is 1.95. The lowest BCUT2D eigenvalue weighted by molar-refractivity contribution is -0.126. The number of amides is 2. The van der Waals surface area contributed by atoms with Crippen LogP contribution >= 0.6 is 0 Å². The van der Waals surface area contributed by atoms with Gasteiger partial charge in [0.2, 0.25) is 11.8 Å². The van der Waals surface area contributed by atoms with E-state index >= 15 is 0 Å². The molecule has 3 N–H and O–H groups in total. The fourth-order valence-electron chi connectivity index (χ4n) is 1.84. The average Bonchev–Trinajstić information content (AvgIpc) is 2.45. The first-order valence-corrected chi connectivity index (χ1v) is 6.86. The number of carbonyl (C=O) groups excluding carboxylic acids is 2. The Morgan fingerprint density at radius 2 is 1.90 bits per heavy atom. The predicted octanol–water partition coefficient (Wildman–Crippen LogP) is 0.623. The highest BCUT2D eigenvalue weighted by molar-refractivity contribution is 5.85. The number of nitrogens with one attached hydrogen (secondary N) is 2. The van der Waals surface area contributed by atoms with Crippen LogP contribution < -0.4 is 10.6 Å². The summed E-state index contributed by atoms with van der Waals surface area (Å²) in [5.74, 6) is -0.409. The highest BCUT2D eigenvalue weighted by atomic mass is 16.3. The molecule has 0 radical (unpaired) electrons. The number of carbonyl (C=O) groups is 2. The maximum atomic E-state index is 11.7. The Kier molecular flexibility index (Phi) is 7.35. The van der Waals surface area contributed by atoms with Gasteiger partial charge in [0.25, 0.3) is 0 Å². The normalized spacial score (nSPS) is 11.7. The molecular weight excluding hydrogens is 256 g/mol. The van der Waals surface area contributed by atoms with Gasteiger partial charge in [-0.2, -0.15) is 0 Å². The quantitative estimate of drug-likeness (QED) is 0.652. The molecule has 5 nitrogen and oxygen atoms in total. The standard InChI is InChI=1S/C15H22N2O3/c1-2-13(8-9-18)17-15(20)11-16-14(19)10-12-6-4-3-5-7-12/h3-7,13,18H,2,8-11H2,1H3,(H,16,19)(H,17,20). The van der Waals surface area contributed by atoms with Gasteiger partial charge in [-0.05, 0) is 18.4 Å². The Morgan fingerprint density at radius 3 is 2.50 bits per heavy atom. The summed E-state index contributed by atoms with van der Waals surface area (Å²) in [6.07, 6.45) is 1.55. The molecule has 110 valence electrons. The van der Waals surface area contributed by atoms with Gasteiger partial charge in [-0.3, -0.25) is 9.59 Å². The second-order valence-electron chi connectivity index (χ2n) is 4.62. The average molecular weight is 278 g/mol. The summed E-state index contributed by atoms with van der Waals surface area (Å²) >= 11 is 0. The largest absolute Gasteiger partial charge is 0.396 e. The monoisotopic (exact) mass is 278 g/mol. The number of rotatable bonds is 8. The van der Waals surface area contributed by atoms with Crippen molar-refractivity contribution < 1.29 is 14.7 Å². The Balaban J connectivity index is 2.28. The molecule has 0 aliphatic carbocycles. The molecule has 1 aromatic carbocycles. The van der Waals surface area contributed by atoms with Crippen LogP contribution in [0.15, 0.2) is 30.3 Å². The summed E-state index contributed by atoms with van der Waals surface area (Å²) in [4.78, 5) is 23.3. The highest BCUT2D eigenvalue weighted by Crippen LogP contribution is 1.99. The molecule has 1 aromatic rings. The molecule has 2 amide bonds. The fourth-order valence-corrected chi connectivity index (χ4v) is 1.84. The van der Waals surface area contributed by atoms with Gasteiger partial charge in [0.05, 0.1) is 13.0 Å². The lowest BCUT2D eigenvalue weighted by Crippen LogP contribution is -2.42. The van der Waals surface area contributed by atoms with Crippen molar-refractivity contribution >= 4 is 11.8 Å². The molecule has 20 heavy (non-hydrogen) atoms. The molecule has 0 aliphatic rings. The van der Waals surface area contributed by atoms with Crippen molar-refractivity contribution in [2.75, 3.05) is 13.2 Å². The van der Waals surface area contributed by atoms with Gasteiger partial charge in [0.15, 0.2) is 0 Å². The summed E-state index contributed by atoms with van der Waals surface area (Å²) in [7, 11) is 0. The summed E-state index contributed by atoms with van der Waals surface area (Å²) < 4.78 is 0. The van der Waals surface area contributed by atoms with E-state index in [-0.39, 0.29) is 37.4 Å². The van der Waals surface area contributed by atoms with Gasteiger partial charge in [0.1, 0.15) is 0 Å². The van der Waals surface area contributed by atoms with Crippen LogP contribution in [-0.4, -0.2) is 36.1 Å². The number of hydrogen-bond donors (Lipinski definition) is 3. The Hall–Kier alpha value is -1.88. The molecule has 1 atom stereocenters. The fraction of sp³-hybridized carbons (Fsp3) is 0.467. The third kappa shape index (κ3) is 6.33. The molecule has 0 aliphatic heterocycles. The maximum absolute atomic E-state index is 11.7. The molecule has 0 spiro atoms. The first-order chi connectivity index (χ1) is 9.65. The van der Waals surface area contributed by atoms with Gasteiger partial charge >= 0.3 is 0 Å². The molecule has 5 heteroatoms. The Bertz CT molecular complexity index is 420. The molecular formula is C15H22N2O3. The third-order valence-corrected chi connectivity index (χ3v) is 2.99. The van der Waals surface area contributed by atoms with Crippen molar-refractivity contribution in [3.8, 4) is 0 Å². The molecule has 0 bridgehead atoms. The third-order valence-electron chi connectivity index (χ3n) is 2.99. The van der Waals surface area contributed by atoms with Crippen molar-refractivity contribution in [2.45, 2.75) is 32.2 Å². The van der Waals surface area contributed by atoms with E-state index in [4.69, 9.17) is 5.11 Å². The molecule has 0 heterocycles. The second-order valence-corrected chi connectivity index (χ2v) is 4.62. The van der Waals surface area contributed by atoms with E-state index in [0.717, 1.165) is 12.0 Å². The first-order valence-electron chi connectivity index (χ1n) is 6.86. The van der Waals surface area contributed by atoms with E-state index < -0.39 is 0 Å². The van der Waals surface area contributed by atoms with Crippen molar-refractivity contribution in [1.82, 2.24) is 10.6 Å². The molecule has 0 saturated carbocycles. The minimum atomic E-state index is -0.230. The van der Waals surface area contributed by atoms with Crippen molar-refractivity contribution in [3.05, 3.63) is 35.9 Å². The van der Waals surface area contributed by atoms with E-state index in [1.165, 1.54) is 0 Å². The lowest BCUT2D eigenvalue weighted by atomic mass is 10.1. The maximum Gasteiger partial charge on any atom is 0.239 e. The SMILES string of the molecule is CCC(CCO)NC(=O)CNC(=O)Cc1ccccc1. The number of hydrogen-bond acceptors (Lipinski definition) is 3. The Labute approximate surface area is 119 Å². The number of aliphatic hydroxyl groups is 1. The van der Waals surface area contributed by atoms with Crippen LogP contribution in [0.5, 0.6) is 0 Å². The predicted molar refractivity (Wildman–Crippen MR) is 77.1 cm³/mol. The van der Waals surface area contributed by atoms with Crippen molar-refractivity contribution in [1.29, 1.82) is 0 Å². The van der Waals surface area contributed by atoms with Gasteiger partial charge in [-0.15, -0.1) is 0 Å². The molecule has 0 saturated heterocycles. The van der Waals surface area contributed by atoms with Crippen LogP contribution in [0.1, 0.15) is 25.3 Å². The van der Waals surface area contributed by atoms with Crippen LogP contribution in [-0.2, 0) is 16.0 Å². The van der Waals surface area contributed by atoms with Crippen molar-refractivity contribution in [2.24, 2.45) is 0 Å². The van der Waals surface area contributed by atoms with Crippen LogP contribution in [0.25, 0.3) is 0 Å². The second kappa shape index (κ2) is 9.09. The molecule has 1 rings (SSSR count).